The minimum atomic E-state index is -3.38. The Hall–Kier alpha value is -2.52. The molecule has 30 heavy (non-hydrogen) atoms. The Bertz CT molecular complexity index is 757. The van der Waals surface area contributed by atoms with Gasteiger partial charge in [-0.1, -0.05) is 55.3 Å². The first-order valence-electron chi connectivity index (χ1n) is 10.4. The summed E-state index contributed by atoms with van der Waals surface area (Å²) >= 11 is 0. The third-order valence-electron chi connectivity index (χ3n) is 5.44. The van der Waals surface area contributed by atoms with Gasteiger partial charge in [0.05, 0.1) is 6.04 Å². The average Bonchev–Trinajstić information content (AvgIpc) is 3.39. The topological polar surface area (TPSA) is 89.0 Å². The zero-order valence-electron chi connectivity index (χ0n) is 16.9. The highest BCUT2D eigenvalue weighted by atomic mass is 19.3. The molecule has 0 saturated carbocycles. The minimum absolute atomic E-state index is 0.0376. The highest BCUT2D eigenvalue weighted by Gasteiger charge is 2.39. The Kier molecular flexibility index (Phi) is 7.75. The first-order valence-corrected chi connectivity index (χ1v) is 10.4. The SMILES string of the molecule is O=C1CC[C@H](/C=C/[C@@H](O)C(F)(F)c2ccccc2)N1CCCCCCC1=NNNN1. The maximum atomic E-state index is 14.4. The van der Waals surface area contributed by atoms with Crippen LogP contribution in [0.15, 0.2) is 47.6 Å². The standard InChI is InChI=1S/C21H29F2N5O2/c22-21(23,16-8-4-3-5-9-16)18(29)13-11-17-12-14-20(30)28(17)15-7-2-1-6-10-19-24-26-27-25-19/h3-5,8-9,11,13,17-18,26-27,29H,1-2,6-7,10,12,14-15H2,(H,24,25)/b13-11+/t17-,18+/m0/s1. The third kappa shape index (κ3) is 5.76. The normalized spacial score (nSPS) is 20.4. The second-order valence-corrected chi connectivity index (χ2v) is 7.60. The Morgan fingerprint density at radius 2 is 2.00 bits per heavy atom. The molecule has 0 radical (unpaired) electrons. The number of aliphatic hydroxyl groups excluding tert-OH is 1. The summed E-state index contributed by atoms with van der Waals surface area (Å²) < 4.78 is 28.9. The molecule has 1 amide bonds. The molecule has 1 saturated heterocycles. The van der Waals surface area contributed by atoms with Gasteiger partial charge in [-0.2, -0.15) is 8.78 Å². The Balaban J connectivity index is 1.44. The van der Waals surface area contributed by atoms with Crippen LogP contribution < -0.4 is 16.5 Å². The zero-order valence-corrected chi connectivity index (χ0v) is 16.9. The number of halogens is 2. The number of carbonyl (C=O) groups excluding carboxylic acids is 1. The van der Waals surface area contributed by atoms with E-state index in [-0.39, 0.29) is 17.5 Å². The van der Waals surface area contributed by atoms with E-state index in [0.29, 0.717) is 19.4 Å². The minimum Gasteiger partial charge on any atom is -0.382 e. The monoisotopic (exact) mass is 421 g/mol. The van der Waals surface area contributed by atoms with Crippen LogP contribution >= 0.6 is 0 Å². The molecule has 0 spiro atoms. The molecule has 9 heteroatoms. The largest absolute Gasteiger partial charge is 0.382 e. The predicted molar refractivity (Wildman–Crippen MR) is 110 cm³/mol. The molecule has 164 valence electrons. The van der Waals surface area contributed by atoms with Gasteiger partial charge in [0.2, 0.25) is 5.91 Å². The molecule has 3 rings (SSSR count). The lowest BCUT2D eigenvalue weighted by molar-refractivity contribution is -0.128. The van der Waals surface area contributed by atoms with Crippen LogP contribution in [0, 0.1) is 0 Å². The molecule has 2 heterocycles. The molecule has 0 aromatic heterocycles. The summed E-state index contributed by atoms with van der Waals surface area (Å²) in [5.74, 6) is -2.47. The summed E-state index contributed by atoms with van der Waals surface area (Å²) in [6.07, 6.45) is 6.43. The van der Waals surface area contributed by atoms with Crippen molar-refractivity contribution in [2.45, 2.75) is 63.0 Å². The zero-order chi connectivity index (χ0) is 21.4. The average molecular weight is 421 g/mol. The number of rotatable bonds is 11. The van der Waals surface area contributed by atoms with Gasteiger partial charge in [0.1, 0.15) is 11.9 Å². The molecule has 7 nitrogen and oxygen atoms in total. The first-order chi connectivity index (χ1) is 14.5. The van der Waals surface area contributed by atoms with Crippen LogP contribution in [0.25, 0.3) is 0 Å². The highest BCUT2D eigenvalue weighted by Crippen LogP contribution is 2.32. The molecule has 1 aromatic rings. The van der Waals surface area contributed by atoms with E-state index in [1.54, 1.807) is 17.0 Å². The lowest BCUT2D eigenvalue weighted by Gasteiger charge is -2.24. The number of nitrogens with zero attached hydrogens (tertiary/aromatic N) is 2. The molecule has 2 aliphatic heterocycles. The molecule has 4 N–H and O–H groups in total. The van der Waals surface area contributed by atoms with Crippen molar-refractivity contribution in [3.63, 3.8) is 0 Å². The number of carbonyl (C=O) groups is 1. The number of hydrogen-bond donors (Lipinski definition) is 4. The smallest absolute Gasteiger partial charge is 0.302 e. The number of benzene rings is 1. The lowest BCUT2D eigenvalue weighted by Crippen LogP contribution is -2.34. The molecular formula is C21H29F2N5O2. The predicted octanol–water partition coefficient (Wildman–Crippen LogP) is 2.56. The van der Waals surface area contributed by atoms with Crippen molar-refractivity contribution in [1.82, 2.24) is 21.4 Å². The summed E-state index contributed by atoms with van der Waals surface area (Å²) in [7, 11) is 0. The van der Waals surface area contributed by atoms with Crippen LogP contribution in [0.5, 0.6) is 0 Å². The second kappa shape index (κ2) is 10.5. The lowest BCUT2D eigenvalue weighted by atomic mass is 10.0. The van der Waals surface area contributed by atoms with E-state index in [2.05, 4.69) is 21.6 Å². The van der Waals surface area contributed by atoms with Crippen LogP contribution in [-0.2, 0) is 10.7 Å². The number of hydrazine groups is 2. The van der Waals surface area contributed by atoms with E-state index >= 15 is 0 Å². The van der Waals surface area contributed by atoms with Gasteiger partial charge in [0.25, 0.3) is 0 Å². The van der Waals surface area contributed by atoms with Gasteiger partial charge in [0, 0.05) is 24.9 Å². The fraction of sp³-hybridized carbons (Fsp3) is 0.524. The van der Waals surface area contributed by atoms with Crippen LogP contribution in [0.4, 0.5) is 8.78 Å². The fourth-order valence-corrected chi connectivity index (χ4v) is 3.70. The maximum Gasteiger partial charge on any atom is 0.302 e. The highest BCUT2D eigenvalue weighted by molar-refractivity contribution is 5.82. The van der Waals surface area contributed by atoms with E-state index in [0.717, 1.165) is 44.0 Å². The van der Waals surface area contributed by atoms with Crippen molar-refractivity contribution in [2.24, 2.45) is 5.10 Å². The number of amidine groups is 1. The van der Waals surface area contributed by atoms with E-state index in [9.17, 15) is 18.7 Å². The number of hydrogen-bond acceptors (Lipinski definition) is 6. The van der Waals surface area contributed by atoms with E-state index in [1.807, 2.05) is 0 Å². The van der Waals surface area contributed by atoms with Crippen LogP contribution in [-0.4, -0.2) is 40.4 Å². The van der Waals surface area contributed by atoms with Crippen molar-refractivity contribution in [2.75, 3.05) is 6.54 Å². The Morgan fingerprint density at radius 3 is 2.73 bits per heavy atom. The van der Waals surface area contributed by atoms with Crippen molar-refractivity contribution >= 4 is 11.7 Å². The van der Waals surface area contributed by atoms with Crippen molar-refractivity contribution < 1.29 is 18.7 Å². The maximum absolute atomic E-state index is 14.4. The van der Waals surface area contributed by atoms with Gasteiger partial charge in [0.15, 0.2) is 0 Å². The van der Waals surface area contributed by atoms with Crippen molar-refractivity contribution in [1.29, 1.82) is 0 Å². The molecule has 2 aliphatic rings. The third-order valence-corrected chi connectivity index (χ3v) is 5.44. The van der Waals surface area contributed by atoms with Crippen molar-refractivity contribution in [3.8, 4) is 0 Å². The molecule has 1 aromatic carbocycles. The summed E-state index contributed by atoms with van der Waals surface area (Å²) in [6.45, 7) is 0.599. The molecular weight excluding hydrogens is 392 g/mol. The number of alkyl halides is 2. The fourth-order valence-electron chi connectivity index (χ4n) is 3.70. The van der Waals surface area contributed by atoms with E-state index in [4.69, 9.17) is 0 Å². The summed E-state index contributed by atoms with van der Waals surface area (Å²) in [5, 5.41) is 14.1. The first kappa shape index (κ1) is 22.2. The number of hydrazone groups is 1. The Morgan fingerprint density at radius 1 is 1.23 bits per heavy atom. The van der Waals surface area contributed by atoms with Gasteiger partial charge in [-0.05, 0) is 19.3 Å². The number of unbranched alkanes of at least 4 members (excludes halogenated alkanes) is 3. The van der Waals surface area contributed by atoms with Crippen LogP contribution in [0.2, 0.25) is 0 Å². The number of likely N-dealkylation sites (tertiary alicyclic amines) is 1. The van der Waals surface area contributed by atoms with Gasteiger partial charge in [-0.25, -0.2) is 5.53 Å². The molecule has 1 fully saturated rings. The number of amides is 1. The molecule has 0 unspecified atom stereocenters. The van der Waals surface area contributed by atoms with Gasteiger partial charge in [-0.15, -0.1) is 10.6 Å². The number of aliphatic hydroxyl groups is 1. The quantitative estimate of drug-likeness (QED) is 0.326. The van der Waals surface area contributed by atoms with Gasteiger partial charge in [-0.3, -0.25) is 10.2 Å². The van der Waals surface area contributed by atoms with Crippen LogP contribution in [0.3, 0.4) is 0 Å². The van der Waals surface area contributed by atoms with Crippen molar-refractivity contribution in [3.05, 3.63) is 48.0 Å². The second-order valence-electron chi connectivity index (χ2n) is 7.60. The summed E-state index contributed by atoms with van der Waals surface area (Å²) in [4.78, 5) is 13.9. The summed E-state index contributed by atoms with van der Waals surface area (Å²) in [5.41, 5.74) is 7.98. The van der Waals surface area contributed by atoms with Gasteiger partial charge < -0.3 is 10.0 Å². The molecule has 2 atom stereocenters. The van der Waals surface area contributed by atoms with E-state index in [1.165, 1.54) is 24.3 Å². The molecule has 0 bridgehead atoms. The van der Waals surface area contributed by atoms with E-state index < -0.39 is 12.0 Å². The Labute approximate surface area is 175 Å². The number of nitrogens with one attached hydrogen (secondary N) is 3. The molecule has 0 aliphatic carbocycles. The van der Waals surface area contributed by atoms with Gasteiger partial charge >= 0.3 is 5.92 Å². The summed E-state index contributed by atoms with van der Waals surface area (Å²) in [6, 6.07) is 7.03. The van der Waals surface area contributed by atoms with Crippen LogP contribution in [0.1, 0.15) is 50.5 Å².